The van der Waals surface area contributed by atoms with Gasteiger partial charge >= 0.3 is 0 Å². The molecule has 21 heavy (non-hydrogen) atoms. The first-order valence-electron chi connectivity index (χ1n) is 6.89. The van der Waals surface area contributed by atoms with Gasteiger partial charge < -0.3 is 10.1 Å². The van der Waals surface area contributed by atoms with Crippen molar-refractivity contribution in [2.75, 3.05) is 7.11 Å². The van der Waals surface area contributed by atoms with Crippen LogP contribution in [0.25, 0.3) is 0 Å². The highest BCUT2D eigenvalue weighted by molar-refractivity contribution is 6.35. The summed E-state index contributed by atoms with van der Waals surface area (Å²) in [7, 11) is 1.70. The third kappa shape index (κ3) is 4.63. The first-order valence-corrected chi connectivity index (χ1v) is 7.65. The van der Waals surface area contributed by atoms with Gasteiger partial charge in [-0.25, -0.2) is 0 Å². The van der Waals surface area contributed by atoms with Crippen LogP contribution in [-0.2, 0) is 13.0 Å². The highest BCUT2D eigenvalue weighted by atomic mass is 35.5. The van der Waals surface area contributed by atoms with E-state index in [1.807, 2.05) is 30.3 Å². The smallest absolute Gasteiger partial charge is 0.122 e. The third-order valence-corrected chi connectivity index (χ3v) is 3.96. The molecule has 0 radical (unpaired) electrons. The molecule has 1 unspecified atom stereocenters. The monoisotopic (exact) mass is 323 g/mol. The summed E-state index contributed by atoms with van der Waals surface area (Å²) >= 11 is 12.1. The number of hydrogen-bond acceptors (Lipinski definition) is 2. The highest BCUT2D eigenvalue weighted by Gasteiger charge is 2.08. The SMILES string of the molecule is COc1ccccc1CC(C)NCc1ccc(Cl)cc1Cl. The zero-order chi connectivity index (χ0) is 15.2. The van der Waals surface area contributed by atoms with E-state index in [4.69, 9.17) is 27.9 Å². The quantitative estimate of drug-likeness (QED) is 0.830. The van der Waals surface area contributed by atoms with Crippen LogP contribution in [0, 0.1) is 0 Å². The van der Waals surface area contributed by atoms with E-state index in [1.54, 1.807) is 13.2 Å². The molecule has 0 bridgehead atoms. The highest BCUT2D eigenvalue weighted by Crippen LogP contribution is 2.22. The van der Waals surface area contributed by atoms with Crippen LogP contribution in [0.15, 0.2) is 42.5 Å². The number of ether oxygens (including phenoxy) is 1. The second-order valence-electron chi connectivity index (χ2n) is 5.03. The van der Waals surface area contributed by atoms with E-state index < -0.39 is 0 Å². The molecule has 0 aliphatic heterocycles. The van der Waals surface area contributed by atoms with Gasteiger partial charge in [-0.2, -0.15) is 0 Å². The summed E-state index contributed by atoms with van der Waals surface area (Å²) in [4.78, 5) is 0. The topological polar surface area (TPSA) is 21.3 Å². The van der Waals surface area contributed by atoms with Crippen molar-refractivity contribution in [3.63, 3.8) is 0 Å². The van der Waals surface area contributed by atoms with E-state index in [0.717, 1.165) is 17.7 Å². The lowest BCUT2D eigenvalue weighted by atomic mass is 10.1. The molecular formula is C17H19Cl2NO. The van der Waals surface area contributed by atoms with Crippen molar-refractivity contribution >= 4 is 23.2 Å². The van der Waals surface area contributed by atoms with Gasteiger partial charge in [0.15, 0.2) is 0 Å². The molecule has 0 spiro atoms. The van der Waals surface area contributed by atoms with E-state index in [-0.39, 0.29) is 0 Å². The van der Waals surface area contributed by atoms with E-state index in [2.05, 4.69) is 18.3 Å². The molecule has 2 aromatic rings. The second-order valence-corrected chi connectivity index (χ2v) is 5.88. The molecule has 1 atom stereocenters. The Morgan fingerprint density at radius 1 is 1.10 bits per heavy atom. The van der Waals surface area contributed by atoms with Gasteiger partial charge in [-0.15, -0.1) is 0 Å². The molecule has 0 aromatic heterocycles. The number of benzene rings is 2. The Kier molecular flexibility index (Phi) is 5.92. The molecule has 0 heterocycles. The lowest BCUT2D eigenvalue weighted by molar-refractivity contribution is 0.406. The number of rotatable bonds is 6. The molecule has 0 saturated heterocycles. The lowest BCUT2D eigenvalue weighted by Gasteiger charge is -2.16. The summed E-state index contributed by atoms with van der Waals surface area (Å²) in [6.45, 7) is 2.86. The van der Waals surface area contributed by atoms with Gasteiger partial charge in [-0.1, -0.05) is 47.5 Å². The lowest BCUT2D eigenvalue weighted by Crippen LogP contribution is -2.27. The fourth-order valence-corrected chi connectivity index (χ4v) is 2.70. The van der Waals surface area contributed by atoms with Crippen LogP contribution in [0.5, 0.6) is 5.75 Å². The first-order chi connectivity index (χ1) is 10.1. The fraction of sp³-hybridized carbons (Fsp3) is 0.294. The van der Waals surface area contributed by atoms with E-state index >= 15 is 0 Å². The van der Waals surface area contributed by atoms with Crippen molar-refractivity contribution < 1.29 is 4.74 Å². The summed E-state index contributed by atoms with van der Waals surface area (Å²) < 4.78 is 5.38. The van der Waals surface area contributed by atoms with Crippen LogP contribution in [-0.4, -0.2) is 13.2 Å². The predicted molar refractivity (Wildman–Crippen MR) is 89.5 cm³/mol. The van der Waals surface area contributed by atoms with E-state index in [0.29, 0.717) is 22.6 Å². The van der Waals surface area contributed by atoms with Gasteiger partial charge in [-0.3, -0.25) is 0 Å². The Morgan fingerprint density at radius 3 is 2.57 bits per heavy atom. The number of halogens is 2. The summed E-state index contributed by atoms with van der Waals surface area (Å²) in [5.41, 5.74) is 2.25. The zero-order valence-electron chi connectivity index (χ0n) is 12.2. The molecule has 0 amide bonds. The number of nitrogens with one attached hydrogen (secondary N) is 1. The standard InChI is InChI=1S/C17H19Cl2NO/c1-12(9-13-5-3-4-6-17(13)21-2)20-11-14-7-8-15(18)10-16(14)19/h3-8,10,12,20H,9,11H2,1-2H3. The van der Waals surface area contributed by atoms with Crippen molar-refractivity contribution in [3.05, 3.63) is 63.6 Å². The largest absolute Gasteiger partial charge is 0.496 e. The molecule has 0 fully saturated rings. The van der Waals surface area contributed by atoms with E-state index in [9.17, 15) is 0 Å². The van der Waals surface area contributed by atoms with Gasteiger partial charge in [0.25, 0.3) is 0 Å². The number of para-hydroxylation sites is 1. The predicted octanol–water partition coefficient (Wildman–Crippen LogP) is 4.72. The van der Waals surface area contributed by atoms with Gasteiger partial charge in [0.1, 0.15) is 5.75 Å². The number of hydrogen-bond donors (Lipinski definition) is 1. The third-order valence-electron chi connectivity index (χ3n) is 3.37. The minimum absolute atomic E-state index is 0.313. The number of methoxy groups -OCH3 is 1. The van der Waals surface area contributed by atoms with Crippen LogP contribution >= 0.6 is 23.2 Å². The first kappa shape index (κ1) is 16.2. The minimum Gasteiger partial charge on any atom is -0.496 e. The summed E-state index contributed by atoms with van der Waals surface area (Å²) in [6, 6.07) is 14.0. The van der Waals surface area contributed by atoms with Gasteiger partial charge in [0.05, 0.1) is 7.11 Å². The maximum Gasteiger partial charge on any atom is 0.122 e. The fourth-order valence-electron chi connectivity index (χ4n) is 2.22. The van der Waals surface area contributed by atoms with Crippen molar-refractivity contribution in [1.29, 1.82) is 0 Å². The van der Waals surface area contributed by atoms with Crippen molar-refractivity contribution in [2.45, 2.75) is 25.9 Å². The molecule has 2 rings (SSSR count). The van der Waals surface area contributed by atoms with Crippen LogP contribution < -0.4 is 10.1 Å². The van der Waals surface area contributed by atoms with Crippen molar-refractivity contribution in [1.82, 2.24) is 5.32 Å². The second kappa shape index (κ2) is 7.69. The Morgan fingerprint density at radius 2 is 1.86 bits per heavy atom. The maximum atomic E-state index is 6.18. The Hall–Kier alpha value is -1.22. The molecule has 2 aromatic carbocycles. The summed E-state index contributed by atoms with van der Waals surface area (Å²) in [5, 5.41) is 4.83. The Balaban J connectivity index is 1.94. The maximum absolute atomic E-state index is 6.18. The van der Waals surface area contributed by atoms with Crippen LogP contribution in [0.2, 0.25) is 10.0 Å². The average molecular weight is 324 g/mol. The van der Waals surface area contributed by atoms with Gasteiger partial charge in [0, 0.05) is 22.6 Å². The van der Waals surface area contributed by atoms with Crippen LogP contribution in [0.4, 0.5) is 0 Å². The molecule has 0 saturated carbocycles. The normalized spacial score (nSPS) is 12.2. The molecule has 1 N–H and O–H groups in total. The van der Waals surface area contributed by atoms with Gasteiger partial charge in [-0.05, 0) is 42.7 Å². The molecule has 0 aliphatic rings. The summed E-state index contributed by atoms with van der Waals surface area (Å²) in [6.07, 6.45) is 0.898. The van der Waals surface area contributed by atoms with Crippen LogP contribution in [0.3, 0.4) is 0 Å². The zero-order valence-corrected chi connectivity index (χ0v) is 13.7. The molecule has 112 valence electrons. The Bertz CT molecular complexity index is 601. The Labute approximate surface area is 136 Å². The van der Waals surface area contributed by atoms with Crippen molar-refractivity contribution in [2.24, 2.45) is 0 Å². The minimum atomic E-state index is 0.313. The van der Waals surface area contributed by atoms with Gasteiger partial charge in [0.2, 0.25) is 0 Å². The molecule has 2 nitrogen and oxygen atoms in total. The van der Waals surface area contributed by atoms with Crippen LogP contribution in [0.1, 0.15) is 18.1 Å². The average Bonchev–Trinajstić information content (AvgIpc) is 2.47. The molecule has 0 aliphatic carbocycles. The molecule has 4 heteroatoms. The van der Waals surface area contributed by atoms with Crippen molar-refractivity contribution in [3.8, 4) is 5.75 Å². The van der Waals surface area contributed by atoms with E-state index in [1.165, 1.54) is 5.56 Å². The molecular weight excluding hydrogens is 305 g/mol. The summed E-state index contributed by atoms with van der Waals surface area (Å²) in [5.74, 6) is 0.927.